The van der Waals surface area contributed by atoms with Crippen LogP contribution in [-0.4, -0.2) is 4.57 Å². The van der Waals surface area contributed by atoms with Gasteiger partial charge in [-0.1, -0.05) is 140 Å². The molecule has 0 aliphatic rings. The Hall–Kier alpha value is -5.48. The van der Waals surface area contributed by atoms with Crippen LogP contribution in [0, 0.1) is 0 Å². The molecule has 0 saturated carbocycles. The first kappa shape index (κ1) is 26.7. The Bertz CT molecular complexity index is 2760. The lowest BCUT2D eigenvalue weighted by molar-refractivity contribution is 1.19. The first-order valence-corrected chi connectivity index (χ1v) is 17.6. The molecule has 0 amide bonds. The van der Waals surface area contributed by atoms with Crippen molar-refractivity contribution in [3.63, 3.8) is 0 Å². The molecular formula is C44H27NS2. The van der Waals surface area contributed by atoms with Crippen molar-refractivity contribution < 1.29 is 0 Å². The number of rotatable bonds is 4. The summed E-state index contributed by atoms with van der Waals surface area (Å²) in [5.41, 5.74) is 11.3. The summed E-state index contributed by atoms with van der Waals surface area (Å²) in [5, 5.41) is 5.27. The average Bonchev–Trinajstić information content (AvgIpc) is 3.81. The fraction of sp³-hybridized carbons (Fsp3) is 0. The fourth-order valence-corrected chi connectivity index (χ4v) is 9.86. The Morgan fingerprint density at radius 1 is 0.362 bits per heavy atom. The number of hydrogen-bond donors (Lipinski definition) is 0. The highest BCUT2D eigenvalue weighted by Gasteiger charge is 2.18. The molecule has 1 nitrogen and oxygen atoms in total. The molecule has 47 heavy (non-hydrogen) atoms. The summed E-state index contributed by atoms with van der Waals surface area (Å²) in [6, 6.07) is 59.8. The van der Waals surface area contributed by atoms with E-state index in [1.807, 2.05) is 22.7 Å². The minimum absolute atomic E-state index is 1.20. The highest BCUT2D eigenvalue weighted by molar-refractivity contribution is 7.27. The molecule has 7 aromatic carbocycles. The third kappa shape index (κ3) is 4.14. The first-order chi connectivity index (χ1) is 23.3. The van der Waals surface area contributed by atoms with Gasteiger partial charge in [-0.2, -0.15) is 0 Å². The largest absolute Gasteiger partial charge is 0.308 e. The minimum Gasteiger partial charge on any atom is -0.308 e. The van der Waals surface area contributed by atoms with Gasteiger partial charge >= 0.3 is 0 Å². The molecule has 0 unspecified atom stereocenters. The highest BCUT2D eigenvalue weighted by atomic mass is 32.1. The maximum absolute atomic E-state index is 2.43. The predicted molar refractivity (Wildman–Crippen MR) is 205 cm³/mol. The van der Waals surface area contributed by atoms with Crippen LogP contribution >= 0.6 is 22.7 Å². The summed E-state index contributed by atoms with van der Waals surface area (Å²) in [4.78, 5) is 0. The van der Waals surface area contributed by atoms with Crippen LogP contribution in [0.15, 0.2) is 164 Å². The average molecular weight is 634 g/mol. The van der Waals surface area contributed by atoms with Gasteiger partial charge in [0.2, 0.25) is 0 Å². The smallest absolute Gasteiger partial charge is 0.0727 e. The van der Waals surface area contributed by atoms with Gasteiger partial charge in [0, 0.05) is 41.3 Å². The number of thiophene rings is 2. The number of hydrogen-bond acceptors (Lipinski definition) is 2. The molecule has 0 aliphatic carbocycles. The van der Waals surface area contributed by atoms with Crippen molar-refractivity contribution in [1.82, 2.24) is 4.57 Å². The second-order valence-corrected chi connectivity index (χ2v) is 14.2. The molecule has 3 heterocycles. The van der Waals surface area contributed by atoms with E-state index in [1.165, 1.54) is 90.4 Å². The van der Waals surface area contributed by atoms with Crippen molar-refractivity contribution in [3.05, 3.63) is 164 Å². The van der Waals surface area contributed by atoms with Crippen LogP contribution in [0.25, 0.3) is 90.4 Å². The number of fused-ring (bicyclic) bond motifs is 8. The standard InChI is InChI=1S/C44H27NS2/c1-3-11-29(12-4-1)33-16-9-18-35-36-19-10-17-34(43(36)47-42(33)35)30-23-21-28(22-24-30)31-25-26-38-40(27-31)46-44-37-15-7-8-20-39(37)45(41(38)44)32-13-5-2-6-14-32/h1-27H. The summed E-state index contributed by atoms with van der Waals surface area (Å²) in [5.74, 6) is 0. The van der Waals surface area contributed by atoms with Crippen molar-refractivity contribution in [2.75, 3.05) is 0 Å². The molecule has 0 N–H and O–H groups in total. The van der Waals surface area contributed by atoms with E-state index < -0.39 is 0 Å². The van der Waals surface area contributed by atoms with Crippen molar-refractivity contribution in [1.29, 1.82) is 0 Å². The van der Waals surface area contributed by atoms with Crippen molar-refractivity contribution in [3.8, 4) is 39.1 Å². The van der Waals surface area contributed by atoms with Crippen LogP contribution in [0.4, 0.5) is 0 Å². The van der Waals surface area contributed by atoms with Crippen LogP contribution in [0.5, 0.6) is 0 Å². The molecule has 3 aromatic heterocycles. The van der Waals surface area contributed by atoms with Crippen molar-refractivity contribution in [2.45, 2.75) is 0 Å². The number of para-hydroxylation sites is 2. The van der Waals surface area contributed by atoms with E-state index in [-0.39, 0.29) is 0 Å². The zero-order valence-electron chi connectivity index (χ0n) is 25.4. The molecule has 220 valence electrons. The summed E-state index contributed by atoms with van der Waals surface area (Å²) < 4.78 is 7.78. The number of aromatic nitrogens is 1. The topological polar surface area (TPSA) is 4.93 Å². The summed E-state index contributed by atoms with van der Waals surface area (Å²) >= 11 is 3.81. The van der Waals surface area contributed by atoms with E-state index >= 15 is 0 Å². The lowest BCUT2D eigenvalue weighted by atomic mass is 9.98. The molecule has 0 aliphatic heterocycles. The van der Waals surface area contributed by atoms with E-state index in [0.29, 0.717) is 0 Å². The quantitative estimate of drug-likeness (QED) is 0.182. The highest BCUT2D eigenvalue weighted by Crippen LogP contribution is 2.45. The van der Waals surface area contributed by atoms with E-state index in [0.717, 1.165) is 0 Å². The SMILES string of the molecule is c1ccc(-c2cccc3c2sc2c(-c4ccc(-c5ccc6c(c5)sc5c7ccccc7n(-c7ccccc7)c65)cc4)cccc23)cc1. The second-order valence-electron chi connectivity index (χ2n) is 12.1. The van der Waals surface area contributed by atoms with Gasteiger partial charge in [0.05, 0.1) is 15.7 Å². The summed E-state index contributed by atoms with van der Waals surface area (Å²) in [6.07, 6.45) is 0. The van der Waals surface area contributed by atoms with Crippen LogP contribution in [0.3, 0.4) is 0 Å². The third-order valence-electron chi connectivity index (χ3n) is 9.43. The van der Waals surface area contributed by atoms with Crippen LogP contribution in [0.2, 0.25) is 0 Å². The second kappa shape index (κ2) is 10.5. The molecule has 10 rings (SSSR count). The third-order valence-corrected chi connectivity index (χ3v) is 11.9. The van der Waals surface area contributed by atoms with Gasteiger partial charge < -0.3 is 4.57 Å². The Morgan fingerprint density at radius 3 is 1.66 bits per heavy atom. The van der Waals surface area contributed by atoms with Gasteiger partial charge in [-0.15, -0.1) is 22.7 Å². The maximum atomic E-state index is 2.43. The van der Waals surface area contributed by atoms with Gasteiger partial charge in [0.25, 0.3) is 0 Å². The molecule has 0 fully saturated rings. The molecule has 3 heteroatoms. The van der Waals surface area contributed by atoms with E-state index in [9.17, 15) is 0 Å². The number of nitrogens with zero attached hydrogens (tertiary/aromatic N) is 1. The van der Waals surface area contributed by atoms with E-state index in [2.05, 4.69) is 168 Å². The van der Waals surface area contributed by atoms with Gasteiger partial charge in [-0.25, -0.2) is 0 Å². The Balaban J connectivity index is 1.07. The first-order valence-electron chi connectivity index (χ1n) is 15.9. The molecule has 0 spiro atoms. The van der Waals surface area contributed by atoms with Crippen LogP contribution in [-0.2, 0) is 0 Å². The van der Waals surface area contributed by atoms with E-state index in [4.69, 9.17) is 0 Å². The zero-order valence-corrected chi connectivity index (χ0v) is 27.0. The predicted octanol–water partition coefficient (Wildman–Crippen LogP) is 13.4. The molecule has 0 radical (unpaired) electrons. The Labute approximate surface area is 280 Å². The molecule has 0 saturated heterocycles. The normalized spacial score (nSPS) is 11.8. The van der Waals surface area contributed by atoms with Crippen molar-refractivity contribution >= 4 is 74.1 Å². The zero-order chi connectivity index (χ0) is 30.9. The van der Waals surface area contributed by atoms with Gasteiger partial charge in [0.1, 0.15) is 0 Å². The summed E-state index contributed by atoms with van der Waals surface area (Å²) in [6.45, 7) is 0. The van der Waals surface area contributed by atoms with E-state index in [1.54, 1.807) is 0 Å². The lowest BCUT2D eigenvalue weighted by Gasteiger charge is -2.09. The Kier molecular flexibility index (Phi) is 5.98. The van der Waals surface area contributed by atoms with Gasteiger partial charge in [-0.3, -0.25) is 0 Å². The molecule has 0 atom stereocenters. The van der Waals surface area contributed by atoms with Crippen LogP contribution < -0.4 is 0 Å². The van der Waals surface area contributed by atoms with Crippen molar-refractivity contribution in [2.24, 2.45) is 0 Å². The molecule has 0 bridgehead atoms. The number of benzene rings is 7. The summed E-state index contributed by atoms with van der Waals surface area (Å²) in [7, 11) is 0. The maximum Gasteiger partial charge on any atom is 0.0727 e. The minimum atomic E-state index is 1.20. The Morgan fingerprint density at radius 2 is 0.936 bits per heavy atom. The fourth-order valence-electron chi connectivity index (χ4n) is 7.23. The van der Waals surface area contributed by atoms with Gasteiger partial charge in [-0.05, 0) is 57.6 Å². The molecule has 10 aromatic rings. The van der Waals surface area contributed by atoms with Crippen LogP contribution in [0.1, 0.15) is 0 Å². The lowest BCUT2D eigenvalue weighted by Crippen LogP contribution is -1.92. The van der Waals surface area contributed by atoms with Gasteiger partial charge in [0.15, 0.2) is 0 Å². The molecular weight excluding hydrogens is 607 g/mol. The monoisotopic (exact) mass is 633 g/mol.